The monoisotopic (exact) mass is 614 g/mol. The van der Waals surface area contributed by atoms with Gasteiger partial charge in [0.25, 0.3) is 0 Å². The van der Waals surface area contributed by atoms with Gasteiger partial charge in [-0.25, -0.2) is 0 Å². The molecule has 5 heteroatoms. The smallest absolute Gasteiger partial charge is 0.226 e. The van der Waals surface area contributed by atoms with Gasteiger partial charge in [-0.15, -0.1) is 0 Å². The Balaban J connectivity index is 1.20. The van der Waals surface area contributed by atoms with Crippen molar-refractivity contribution in [2.75, 3.05) is 13.7 Å². The molecule has 1 aromatic heterocycles. The molecule has 1 saturated heterocycles. The highest BCUT2D eigenvalue weighted by molar-refractivity contribution is 5.83. The van der Waals surface area contributed by atoms with Crippen LogP contribution >= 0.6 is 0 Å². The molecule has 246 valence electrons. The Morgan fingerprint density at radius 2 is 1.76 bits per heavy atom. The molecule has 3 atom stereocenters. The van der Waals surface area contributed by atoms with E-state index >= 15 is 0 Å². The van der Waals surface area contributed by atoms with Crippen molar-refractivity contribution in [1.29, 1.82) is 0 Å². The lowest BCUT2D eigenvalue weighted by Gasteiger charge is -2.58. The number of piperidine rings is 1. The number of Topliss-reactive ketones (excluding diaryl/α,β-unsaturated/α-hetero) is 1. The standard InChI is InChI=1S/C40H58N2O3/c1-5-12-31(3)40(33-15-7-6-8-16-33)25-23-39(24-26-40)22-21-37(38(44)42(39)29-32-13-11-14-32)30(2)27-35(43)18-10-9-17-34-19-20-36(45-4)28-41-34/h6-8,15-16,19-20,28,30-32,37H,5,9-14,17-18,21-27,29H2,1-4H3/t30?,31?,37?,39-,40-. The number of amides is 1. The number of methoxy groups -OCH3 is 1. The molecule has 3 aliphatic rings. The van der Waals surface area contributed by atoms with Crippen molar-refractivity contribution in [2.45, 2.75) is 134 Å². The second-order valence-electron chi connectivity index (χ2n) is 14.9. The van der Waals surface area contributed by atoms with Crippen molar-refractivity contribution in [3.8, 4) is 5.75 Å². The van der Waals surface area contributed by atoms with E-state index in [9.17, 15) is 9.59 Å². The maximum Gasteiger partial charge on any atom is 0.226 e. The molecule has 1 amide bonds. The fourth-order valence-corrected chi connectivity index (χ4v) is 9.00. The summed E-state index contributed by atoms with van der Waals surface area (Å²) in [6.45, 7) is 7.87. The second-order valence-corrected chi connectivity index (χ2v) is 14.9. The fraction of sp³-hybridized carbons (Fsp3) is 0.675. The summed E-state index contributed by atoms with van der Waals surface area (Å²) in [6.07, 6.45) is 18.4. The Bertz CT molecular complexity index is 1230. The summed E-state index contributed by atoms with van der Waals surface area (Å²) < 4.78 is 5.19. The van der Waals surface area contributed by atoms with Crippen molar-refractivity contribution >= 4 is 11.7 Å². The summed E-state index contributed by atoms with van der Waals surface area (Å²) in [5.74, 6) is 2.79. The van der Waals surface area contributed by atoms with Crippen molar-refractivity contribution in [3.05, 3.63) is 59.9 Å². The molecular weight excluding hydrogens is 556 g/mol. The van der Waals surface area contributed by atoms with Crippen LogP contribution in [-0.4, -0.2) is 40.8 Å². The highest BCUT2D eigenvalue weighted by Crippen LogP contribution is 2.54. The van der Waals surface area contributed by atoms with Crippen LogP contribution in [0, 0.1) is 23.7 Å². The van der Waals surface area contributed by atoms with Crippen LogP contribution < -0.4 is 4.74 Å². The van der Waals surface area contributed by atoms with Crippen LogP contribution in [0.1, 0.15) is 128 Å². The minimum Gasteiger partial charge on any atom is -0.495 e. The lowest BCUT2D eigenvalue weighted by atomic mass is 9.56. The van der Waals surface area contributed by atoms with Crippen molar-refractivity contribution in [3.63, 3.8) is 0 Å². The molecule has 5 nitrogen and oxygen atoms in total. The first-order valence-corrected chi connectivity index (χ1v) is 18.2. The summed E-state index contributed by atoms with van der Waals surface area (Å²) >= 11 is 0. The van der Waals surface area contributed by atoms with Gasteiger partial charge in [-0.05, 0) is 111 Å². The van der Waals surface area contributed by atoms with Crippen LogP contribution in [0.2, 0.25) is 0 Å². The van der Waals surface area contributed by atoms with Crippen LogP contribution in [-0.2, 0) is 21.4 Å². The quantitative estimate of drug-likeness (QED) is 0.188. The van der Waals surface area contributed by atoms with Gasteiger partial charge in [0.2, 0.25) is 5.91 Å². The largest absolute Gasteiger partial charge is 0.495 e. The van der Waals surface area contributed by atoms with Gasteiger partial charge in [0.15, 0.2) is 0 Å². The Kier molecular flexibility index (Phi) is 11.4. The number of hydrogen-bond donors (Lipinski definition) is 0. The van der Waals surface area contributed by atoms with E-state index < -0.39 is 0 Å². The molecule has 1 aromatic carbocycles. The lowest BCUT2D eigenvalue weighted by molar-refractivity contribution is -0.156. The predicted molar refractivity (Wildman–Crippen MR) is 182 cm³/mol. The third kappa shape index (κ3) is 7.66. The zero-order valence-electron chi connectivity index (χ0n) is 28.6. The summed E-state index contributed by atoms with van der Waals surface area (Å²) in [6, 6.07) is 15.2. The highest BCUT2D eigenvalue weighted by atomic mass is 16.5. The number of unbranched alkanes of at least 4 members (excludes halogenated alkanes) is 1. The van der Waals surface area contributed by atoms with Gasteiger partial charge in [0.1, 0.15) is 11.5 Å². The van der Waals surface area contributed by atoms with Gasteiger partial charge in [-0.2, -0.15) is 0 Å². The first kappa shape index (κ1) is 33.7. The molecule has 2 heterocycles. The van der Waals surface area contributed by atoms with Gasteiger partial charge in [0.05, 0.1) is 13.3 Å². The summed E-state index contributed by atoms with van der Waals surface area (Å²) in [4.78, 5) is 34.3. The van der Waals surface area contributed by atoms with E-state index in [4.69, 9.17) is 4.74 Å². The molecule has 2 saturated carbocycles. The molecule has 3 unspecified atom stereocenters. The van der Waals surface area contributed by atoms with Gasteiger partial charge in [-0.3, -0.25) is 14.6 Å². The van der Waals surface area contributed by atoms with Gasteiger partial charge in [0, 0.05) is 36.5 Å². The number of ketones is 1. The number of hydrogen-bond acceptors (Lipinski definition) is 4. The maximum absolute atomic E-state index is 14.4. The molecule has 5 rings (SSSR count). The van der Waals surface area contributed by atoms with Crippen LogP contribution in [0.3, 0.4) is 0 Å². The number of benzene rings is 1. The fourth-order valence-electron chi connectivity index (χ4n) is 9.00. The SMILES string of the molecule is CCCC(C)[C@]1(c2ccccc2)CC[C@@]2(CCC(C(C)CC(=O)CCCCc3ccc(OC)cn3)C(=O)N2CC2CCC2)CC1. The molecule has 2 aromatic rings. The van der Waals surface area contributed by atoms with Gasteiger partial charge < -0.3 is 9.64 Å². The van der Waals surface area contributed by atoms with Crippen molar-refractivity contribution in [2.24, 2.45) is 23.7 Å². The van der Waals surface area contributed by atoms with E-state index in [1.54, 1.807) is 13.3 Å². The second kappa shape index (κ2) is 15.3. The van der Waals surface area contributed by atoms with Crippen LogP contribution in [0.4, 0.5) is 0 Å². The molecule has 0 radical (unpaired) electrons. The molecule has 0 N–H and O–H groups in total. The number of nitrogens with zero attached hydrogens (tertiary/aromatic N) is 2. The number of likely N-dealkylation sites (tertiary alicyclic amines) is 1. The van der Waals surface area contributed by atoms with E-state index in [1.165, 1.54) is 37.7 Å². The molecule has 45 heavy (non-hydrogen) atoms. The average molecular weight is 615 g/mol. The number of rotatable bonds is 15. The van der Waals surface area contributed by atoms with E-state index in [2.05, 4.69) is 61.0 Å². The van der Waals surface area contributed by atoms with E-state index in [1.807, 2.05) is 12.1 Å². The molecule has 1 spiro atoms. The van der Waals surface area contributed by atoms with Gasteiger partial charge in [-0.1, -0.05) is 70.4 Å². The normalized spacial score (nSPS) is 26.8. The summed E-state index contributed by atoms with van der Waals surface area (Å²) in [5, 5.41) is 0. The zero-order valence-corrected chi connectivity index (χ0v) is 28.6. The number of ether oxygens (including phenoxy) is 1. The molecule has 2 aliphatic carbocycles. The first-order chi connectivity index (χ1) is 21.8. The highest BCUT2D eigenvalue weighted by Gasteiger charge is 2.53. The Labute approximate surface area is 272 Å². The Morgan fingerprint density at radius 1 is 1.00 bits per heavy atom. The van der Waals surface area contributed by atoms with Crippen LogP contribution in [0.15, 0.2) is 48.7 Å². The number of carbonyl (C=O) groups is 2. The minimum atomic E-state index is -0.0250. The maximum atomic E-state index is 14.4. The molecule has 3 fully saturated rings. The third-order valence-corrected chi connectivity index (χ3v) is 12.2. The predicted octanol–water partition coefficient (Wildman–Crippen LogP) is 9.12. The molecule has 1 aliphatic heterocycles. The van der Waals surface area contributed by atoms with Crippen molar-refractivity contribution < 1.29 is 14.3 Å². The van der Waals surface area contributed by atoms with E-state index in [-0.39, 0.29) is 22.8 Å². The lowest BCUT2D eigenvalue weighted by Crippen LogP contribution is -2.62. The Hall–Kier alpha value is -2.69. The Morgan fingerprint density at radius 3 is 2.38 bits per heavy atom. The zero-order chi connectivity index (χ0) is 31.9. The molecular formula is C40H58N2O3. The van der Waals surface area contributed by atoms with Crippen molar-refractivity contribution in [1.82, 2.24) is 9.88 Å². The number of carbonyl (C=O) groups excluding carboxylic acids is 2. The number of aryl methyl sites for hydroxylation is 1. The topological polar surface area (TPSA) is 59.5 Å². The average Bonchev–Trinajstić information content (AvgIpc) is 3.03. The summed E-state index contributed by atoms with van der Waals surface area (Å²) in [7, 11) is 1.65. The molecule has 0 bridgehead atoms. The minimum absolute atomic E-state index is 0.00733. The summed E-state index contributed by atoms with van der Waals surface area (Å²) in [5.41, 5.74) is 2.73. The van der Waals surface area contributed by atoms with Gasteiger partial charge >= 0.3 is 0 Å². The van der Waals surface area contributed by atoms with Crippen LogP contribution in [0.5, 0.6) is 5.75 Å². The van der Waals surface area contributed by atoms with E-state index in [0.717, 1.165) is 75.8 Å². The first-order valence-electron chi connectivity index (χ1n) is 18.2. The number of aromatic nitrogens is 1. The third-order valence-electron chi connectivity index (χ3n) is 12.2. The van der Waals surface area contributed by atoms with E-state index in [0.29, 0.717) is 36.4 Å². The number of pyridine rings is 1. The van der Waals surface area contributed by atoms with Crippen LogP contribution in [0.25, 0.3) is 0 Å².